The quantitative estimate of drug-likeness (QED) is 0.908. The molecule has 3 amide bonds. The maximum absolute atomic E-state index is 12.6. The molecule has 1 saturated heterocycles. The van der Waals surface area contributed by atoms with E-state index in [1.54, 1.807) is 23.1 Å². The van der Waals surface area contributed by atoms with E-state index in [4.69, 9.17) is 9.47 Å². The number of carbonyl (C=O) groups is 2. The Labute approximate surface area is 150 Å². The minimum atomic E-state index is -0.274. The standard InChI is InChI=1S/C18H18N4O4/c1-12-3-2-4-16(19-12)20-17(23)10-21-7-8-22(18(21)24)13-5-6-14-15(9-13)26-11-25-14/h2-6,9H,7-8,10-11H2,1H3,(H,19,20,23). The highest BCUT2D eigenvalue weighted by Crippen LogP contribution is 2.36. The Morgan fingerprint density at radius 1 is 1.19 bits per heavy atom. The zero-order chi connectivity index (χ0) is 18.1. The van der Waals surface area contributed by atoms with Gasteiger partial charge in [0, 0.05) is 30.5 Å². The number of pyridine rings is 1. The number of fused-ring (bicyclic) bond motifs is 1. The fourth-order valence-electron chi connectivity index (χ4n) is 2.99. The van der Waals surface area contributed by atoms with Gasteiger partial charge in [0.05, 0.1) is 0 Å². The number of nitrogens with zero attached hydrogens (tertiary/aromatic N) is 3. The Kier molecular flexibility index (Phi) is 4.08. The van der Waals surface area contributed by atoms with E-state index in [0.717, 1.165) is 11.4 Å². The zero-order valence-corrected chi connectivity index (χ0v) is 14.3. The number of ether oxygens (including phenoxy) is 2. The second-order valence-corrected chi connectivity index (χ2v) is 6.11. The van der Waals surface area contributed by atoms with Gasteiger partial charge in [-0.2, -0.15) is 0 Å². The molecular weight excluding hydrogens is 336 g/mol. The van der Waals surface area contributed by atoms with E-state index < -0.39 is 0 Å². The number of anilines is 2. The van der Waals surface area contributed by atoms with Gasteiger partial charge in [0.2, 0.25) is 12.7 Å². The number of nitrogens with one attached hydrogen (secondary N) is 1. The van der Waals surface area contributed by atoms with Crippen LogP contribution in [-0.2, 0) is 4.79 Å². The summed E-state index contributed by atoms with van der Waals surface area (Å²) in [4.78, 5) is 32.2. The zero-order valence-electron chi connectivity index (χ0n) is 14.3. The van der Waals surface area contributed by atoms with Crippen LogP contribution < -0.4 is 19.7 Å². The summed E-state index contributed by atoms with van der Waals surface area (Å²) < 4.78 is 10.6. The first-order valence-corrected chi connectivity index (χ1v) is 8.30. The fraction of sp³-hybridized carbons (Fsp3) is 0.278. The molecule has 1 aromatic carbocycles. The highest BCUT2D eigenvalue weighted by Gasteiger charge is 2.31. The summed E-state index contributed by atoms with van der Waals surface area (Å²) in [5, 5.41) is 2.72. The average Bonchev–Trinajstić information content (AvgIpc) is 3.21. The molecule has 4 rings (SSSR count). The molecule has 0 atom stereocenters. The van der Waals surface area contributed by atoms with E-state index in [1.165, 1.54) is 4.90 Å². The van der Waals surface area contributed by atoms with Gasteiger partial charge in [-0.1, -0.05) is 6.07 Å². The van der Waals surface area contributed by atoms with E-state index in [1.807, 2.05) is 25.1 Å². The number of rotatable bonds is 4. The van der Waals surface area contributed by atoms with Crippen molar-refractivity contribution in [3.05, 3.63) is 42.1 Å². The van der Waals surface area contributed by atoms with Crippen LogP contribution in [0.3, 0.4) is 0 Å². The van der Waals surface area contributed by atoms with Crippen molar-refractivity contribution < 1.29 is 19.1 Å². The molecule has 0 unspecified atom stereocenters. The summed E-state index contributed by atoms with van der Waals surface area (Å²) in [6.07, 6.45) is 0. The Hall–Kier alpha value is -3.29. The van der Waals surface area contributed by atoms with Crippen LogP contribution in [0.15, 0.2) is 36.4 Å². The van der Waals surface area contributed by atoms with Crippen LogP contribution in [-0.4, -0.2) is 48.2 Å². The number of hydrogen-bond donors (Lipinski definition) is 1. The second-order valence-electron chi connectivity index (χ2n) is 6.11. The first-order valence-electron chi connectivity index (χ1n) is 8.30. The smallest absolute Gasteiger partial charge is 0.325 e. The van der Waals surface area contributed by atoms with Crippen LogP contribution in [0, 0.1) is 6.92 Å². The van der Waals surface area contributed by atoms with Crippen LogP contribution >= 0.6 is 0 Å². The van der Waals surface area contributed by atoms with Gasteiger partial charge in [-0.25, -0.2) is 9.78 Å². The largest absolute Gasteiger partial charge is 0.454 e. The molecule has 1 aromatic heterocycles. The van der Waals surface area contributed by atoms with Gasteiger partial charge >= 0.3 is 6.03 Å². The number of urea groups is 1. The maximum Gasteiger partial charge on any atom is 0.325 e. The molecular formula is C18H18N4O4. The minimum absolute atomic E-state index is 0.0183. The Morgan fingerprint density at radius 3 is 2.88 bits per heavy atom. The number of hydrogen-bond acceptors (Lipinski definition) is 5. The Balaban J connectivity index is 1.40. The van der Waals surface area contributed by atoms with E-state index in [2.05, 4.69) is 10.3 Å². The summed E-state index contributed by atoms with van der Waals surface area (Å²) in [5.74, 6) is 1.50. The molecule has 0 saturated carbocycles. The van der Waals surface area contributed by atoms with Gasteiger partial charge < -0.3 is 19.7 Å². The van der Waals surface area contributed by atoms with Gasteiger partial charge in [0.25, 0.3) is 0 Å². The average molecular weight is 354 g/mol. The number of aromatic nitrogens is 1. The van der Waals surface area contributed by atoms with Crippen LogP contribution in [0.2, 0.25) is 0 Å². The molecule has 2 aromatic rings. The molecule has 8 heteroatoms. The molecule has 0 spiro atoms. The first kappa shape index (κ1) is 16.2. The van der Waals surface area contributed by atoms with Crippen LogP contribution in [0.25, 0.3) is 0 Å². The van der Waals surface area contributed by atoms with Crippen molar-refractivity contribution in [2.24, 2.45) is 0 Å². The highest BCUT2D eigenvalue weighted by molar-refractivity contribution is 5.99. The topological polar surface area (TPSA) is 84.0 Å². The van der Waals surface area contributed by atoms with Crippen LogP contribution in [0.5, 0.6) is 11.5 Å². The molecule has 2 aliphatic rings. The third-order valence-corrected chi connectivity index (χ3v) is 4.25. The molecule has 0 radical (unpaired) electrons. The predicted octanol–water partition coefficient (Wildman–Crippen LogP) is 2.00. The maximum atomic E-state index is 12.6. The Morgan fingerprint density at radius 2 is 2.04 bits per heavy atom. The third-order valence-electron chi connectivity index (χ3n) is 4.25. The monoisotopic (exact) mass is 354 g/mol. The van der Waals surface area contributed by atoms with Gasteiger partial charge in [-0.3, -0.25) is 9.69 Å². The van der Waals surface area contributed by atoms with Crippen molar-refractivity contribution >= 4 is 23.4 Å². The van der Waals surface area contributed by atoms with Crippen molar-refractivity contribution in [1.82, 2.24) is 9.88 Å². The lowest BCUT2D eigenvalue weighted by atomic mass is 10.2. The third kappa shape index (κ3) is 3.13. The molecule has 26 heavy (non-hydrogen) atoms. The SMILES string of the molecule is Cc1cccc(NC(=O)CN2CCN(c3ccc4c(c3)OCO4)C2=O)n1. The molecule has 8 nitrogen and oxygen atoms in total. The number of amides is 3. The van der Waals surface area contributed by atoms with Gasteiger partial charge in [0.15, 0.2) is 11.5 Å². The molecule has 0 aliphatic carbocycles. The summed E-state index contributed by atoms with van der Waals surface area (Å²) in [5.41, 5.74) is 1.54. The van der Waals surface area contributed by atoms with Crippen molar-refractivity contribution in [3.63, 3.8) is 0 Å². The van der Waals surface area contributed by atoms with Gasteiger partial charge in [-0.15, -0.1) is 0 Å². The molecule has 0 bridgehead atoms. The number of benzene rings is 1. The Bertz CT molecular complexity index is 870. The molecule has 3 heterocycles. The molecule has 134 valence electrons. The summed E-state index contributed by atoms with van der Waals surface area (Å²) in [7, 11) is 0. The van der Waals surface area contributed by atoms with Crippen LogP contribution in [0.1, 0.15) is 5.69 Å². The summed E-state index contributed by atoms with van der Waals surface area (Å²) in [6.45, 7) is 3.00. The lowest BCUT2D eigenvalue weighted by Gasteiger charge is -2.18. The van der Waals surface area contributed by atoms with E-state index in [0.29, 0.717) is 30.4 Å². The lowest BCUT2D eigenvalue weighted by molar-refractivity contribution is -0.116. The number of aryl methyl sites for hydroxylation is 1. The highest BCUT2D eigenvalue weighted by atomic mass is 16.7. The van der Waals surface area contributed by atoms with E-state index in [-0.39, 0.29) is 25.3 Å². The molecule has 1 fully saturated rings. The van der Waals surface area contributed by atoms with Crippen molar-refractivity contribution in [2.45, 2.75) is 6.92 Å². The van der Waals surface area contributed by atoms with Crippen molar-refractivity contribution in [2.75, 3.05) is 36.6 Å². The predicted molar refractivity (Wildman–Crippen MR) is 94.5 cm³/mol. The van der Waals surface area contributed by atoms with Crippen molar-refractivity contribution in [3.8, 4) is 11.5 Å². The summed E-state index contributed by atoms with van der Waals surface area (Å²) in [6, 6.07) is 10.5. The van der Waals surface area contributed by atoms with Crippen LogP contribution in [0.4, 0.5) is 16.3 Å². The first-order chi connectivity index (χ1) is 12.6. The van der Waals surface area contributed by atoms with Gasteiger partial charge in [-0.05, 0) is 31.2 Å². The molecule has 1 N–H and O–H groups in total. The number of carbonyl (C=O) groups excluding carboxylic acids is 2. The van der Waals surface area contributed by atoms with Gasteiger partial charge in [0.1, 0.15) is 12.4 Å². The minimum Gasteiger partial charge on any atom is -0.454 e. The normalized spacial score (nSPS) is 15.5. The van der Waals surface area contributed by atoms with Crippen molar-refractivity contribution in [1.29, 1.82) is 0 Å². The van der Waals surface area contributed by atoms with E-state index in [9.17, 15) is 9.59 Å². The fourth-order valence-corrected chi connectivity index (χ4v) is 2.99. The van der Waals surface area contributed by atoms with E-state index >= 15 is 0 Å². The second kappa shape index (κ2) is 6.55. The summed E-state index contributed by atoms with van der Waals surface area (Å²) >= 11 is 0. The molecule has 2 aliphatic heterocycles. The lowest BCUT2D eigenvalue weighted by Crippen LogP contribution is -2.37.